The predicted octanol–water partition coefficient (Wildman–Crippen LogP) is 2.67. The largest absolute Gasteiger partial charge is 0.497 e. The lowest BCUT2D eigenvalue weighted by molar-refractivity contribution is -0.140. The number of nitrogens with one attached hydrogen (secondary N) is 1. The van der Waals surface area contributed by atoms with Crippen molar-refractivity contribution >= 4 is 5.97 Å². The lowest BCUT2D eigenvalue weighted by atomic mass is 9.99. The van der Waals surface area contributed by atoms with Gasteiger partial charge in [0.25, 0.3) is 0 Å². The maximum absolute atomic E-state index is 11.2. The molecule has 106 valence electrons. The van der Waals surface area contributed by atoms with E-state index in [0.29, 0.717) is 18.9 Å². The zero-order valence-electron chi connectivity index (χ0n) is 11.8. The van der Waals surface area contributed by atoms with E-state index in [1.165, 1.54) is 0 Å². The SMILES string of the molecule is CCC(C)CC(NCc1cccc(OC)c1)C(=O)O. The van der Waals surface area contributed by atoms with Crippen LogP contribution in [0.5, 0.6) is 5.75 Å². The van der Waals surface area contributed by atoms with Crippen LogP contribution in [-0.2, 0) is 11.3 Å². The van der Waals surface area contributed by atoms with Crippen LogP contribution in [-0.4, -0.2) is 24.2 Å². The molecule has 19 heavy (non-hydrogen) atoms. The van der Waals surface area contributed by atoms with Crippen LogP contribution in [0.25, 0.3) is 0 Å². The quantitative estimate of drug-likeness (QED) is 0.758. The average molecular weight is 265 g/mol. The van der Waals surface area contributed by atoms with Gasteiger partial charge in [0.2, 0.25) is 0 Å². The molecule has 2 unspecified atom stereocenters. The van der Waals surface area contributed by atoms with Crippen molar-refractivity contribution in [1.29, 1.82) is 0 Å². The van der Waals surface area contributed by atoms with E-state index in [2.05, 4.69) is 19.2 Å². The van der Waals surface area contributed by atoms with E-state index in [1.807, 2.05) is 24.3 Å². The molecule has 2 atom stereocenters. The molecule has 0 amide bonds. The molecule has 4 heteroatoms. The fourth-order valence-electron chi connectivity index (χ4n) is 1.86. The molecule has 0 saturated carbocycles. The average Bonchev–Trinajstić information content (AvgIpc) is 2.42. The number of methoxy groups -OCH3 is 1. The number of rotatable bonds is 8. The minimum atomic E-state index is -0.789. The highest BCUT2D eigenvalue weighted by molar-refractivity contribution is 5.73. The second-order valence-corrected chi connectivity index (χ2v) is 4.87. The van der Waals surface area contributed by atoms with Crippen LogP contribution in [0.2, 0.25) is 0 Å². The van der Waals surface area contributed by atoms with Gasteiger partial charge < -0.3 is 15.2 Å². The molecule has 4 nitrogen and oxygen atoms in total. The van der Waals surface area contributed by atoms with Crippen LogP contribution >= 0.6 is 0 Å². The van der Waals surface area contributed by atoms with E-state index in [-0.39, 0.29) is 0 Å². The normalized spacial score (nSPS) is 13.8. The second kappa shape index (κ2) is 7.79. The fraction of sp³-hybridized carbons (Fsp3) is 0.533. The van der Waals surface area contributed by atoms with Gasteiger partial charge in [0.1, 0.15) is 11.8 Å². The lowest BCUT2D eigenvalue weighted by Crippen LogP contribution is -2.37. The Morgan fingerprint density at radius 3 is 2.79 bits per heavy atom. The maximum atomic E-state index is 11.2. The molecule has 0 radical (unpaired) electrons. The first-order valence-corrected chi connectivity index (χ1v) is 6.66. The monoisotopic (exact) mass is 265 g/mol. The zero-order valence-corrected chi connectivity index (χ0v) is 11.8. The fourth-order valence-corrected chi connectivity index (χ4v) is 1.86. The summed E-state index contributed by atoms with van der Waals surface area (Å²) in [7, 11) is 1.62. The Morgan fingerprint density at radius 2 is 2.21 bits per heavy atom. The minimum Gasteiger partial charge on any atom is -0.497 e. The summed E-state index contributed by atoms with van der Waals surface area (Å²) in [4.78, 5) is 11.2. The van der Waals surface area contributed by atoms with Crippen molar-refractivity contribution in [2.75, 3.05) is 7.11 Å². The summed E-state index contributed by atoms with van der Waals surface area (Å²) in [5.41, 5.74) is 1.02. The van der Waals surface area contributed by atoms with Crippen molar-refractivity contribution in [2.24, 2.45) is 5.92 Å². The Balaban J connectivity index is 2.57. The van der Waals surface area contributed by atoms with Gasteiger partial charge in [0.15, 0.2) is 0 Å². The molecule has 1 aromatic rings. The molecule has 0 heterocycles. The van der Waals surface area contributed by atoms with Gasteiger partial charge in [0.05, 0.1) is 7.11 Å². The number of hydrogen-bond donors (Lipinski definition) is 2. The summed E-state index contributed by atoms with van der Waals surface area (Å²) in [6, 6.07) is 7.14. The minimum absolute atomic E-state index is 0.402. The van der Waals surface area contributed by atoms with Crippen molar-refractivity contribution in [3.8, 4) is 5.75 Å². The molecule has 0 aromatic heterocycles. The van der Waals surface area contributed by atoms with Crippen molar-refractivity contribution in [3.05, 3.63) is 29.8 Å². The zero-order chi connectivity index (χ0) is 14.3. The van der Waals surface area contributed by atoms with E-state index in [1.54, 1.807) is 7.11 Å². The predicted molar refractivity (Wildman–Crippen MR) is 75.3 cm³/mol. The third kappa shape index (κ3) is 5.30. The van der Waals surface area contributed by atoms with Gasteiger partial charge in [-0.15, -0.1) is 0 Å². The lowest BCUT2D eigenvalue weighted by Gasteiger charge is -2.18. The highest BCUT2D eigenvalue weighted by Crippen LogP contribution is 2.14. The number of carboxylic acids is 1. The highest BCUT2D eigenvalue weighted by atomic mass is 16.5. The first-order chi connectivity index (χ1) is 9.06. The summed E-state index contributed by atoms with van der Waals surface area (Å²) in [6.07, 6.45) is 1.64. The molecule has 0 bridgehead atoms. The maximum Gasteiger partial charge on any atom is 0.320 e. The van der Waals surface area contributed by atoms with Crippen molar-refractivity contribution in [1.82, 2.24) is 5.32 Å². The number of hydrogen-bond acceptors (Lipinski definition) is 3. The van der Waals surface area contributed by atoms with E-state index < -0.39 is 12.0 Å². The Hall–Kier alpha value is -1.55. The van der Waals surface area contributed by atoms with Gasteiger partial charge >= 0.3 is 5.97 Å². The van der Waals surface area contributed by atoms with Crippen molar-refractivity contribution in [3.63, 3.8) is 0 Å². The topological polar surface area (TPSA) is 58.6 Å². The molecule has 0 aliphatic heterocycles. The Labute approximate surface area is 114 Å². The number of carbonyl (C=O) groups is 1. The molecular formula is C15H23NO3. The van der Waals surface area contributed by atoms with Gasteiger partial charge in [0, 0.05) is 6.54 Å². The third-order valence-corrected chi connectivity index (χ3v) is 3.32. The Kier molecular flexibility index (Phi) is 6.36. The summed E-state index contributed by atoms with van der Waals surface area (Å²) in [5, 5.41) is 12.3. The molecule has 0 aliphatic carbocycles. The van der Waals surface area contributed by atoms with E-state index >= 15 is 0 Å². The number of benzene rings is 1. The molecule has 2 N–H and O–H groups in total. The van der Waals surface area contributed by atoms with Crippen molar-refractivity contribution in [2.45, 2.75) is 39.3 Å². The summed E-state index contributed by atoms with van der Waals surface area (Å²) in [5.74, 6) is 0.398. The summed E-state index contributed by atoms with van der Waals surface area (Å²) < 4.78 is 5.15. The molecule has 0 aliphatic rings. The smallest absolute Gasteiger partial charge is 0.320 e. The van der Waals surface area contributed by atoms with Crippen LogP contribution in [0.15, 0.2) is 24.3 Å². The van der Waals surface area contributed by atoms with Gasteiger partial charge in [-0.05, 0) is 30.0 Å². The first-order valence-electron chi connectivity index (χ1n) is 6.66. The van der Waals surface area contributed by atoms with E-state index in [0.717, 1.165) is 17.7 Å². The highest BCUT2D eigenvalue weighted by Gasteiger charge is 2.19. The van der Waals surface area contributed by atoms with Gasteiger partial charge in [-0.25, -0.2) is 0 Å². The van der Waals surface area contributed by atoms with Crippen LogP contribution in [0.4, 0.5) is 0 Å². The molecule has 0 saturated heterocycles. The molecular weight excluding hydrogens is 242 g/mol. The molecule has 1 rings (SSSR count). The second-order valence-electron chi connectivity index (χ2n) is 4.87. The van der Waals surface area contributed by atoms with E-state index in [9.17, 15) is 9.90 Å². The van der Waals surface area contributed by atoms with Crippen molar-refractivity contribution < 1.29 is 14.6 Å². The Bertz CT molecular complexity index is 406. The van der Waals surface area contributed by atoms with Gasteiger partial charge in [-0.1, -0.05) is 32.4 Å². The molecule has 1 aromatic carbocycles. The van der Waals surface area contributed by atoms with Gasteiger partial charge in [-0.3, -0.25) is 4.79 Å². The van der Waals surface area contributed by atoms with E-state index in [4.69, 9.17) is 4.74 Å². The van der Waals surface area contributed by atoms with Crippen LogP contribution < -0.4 is 10.1 Å². The number of aliphatic carboxylic acids is 1. The first kappa shape index (κ1) is 15.5. The Morgan fingerprint density at radius 1 is 1.47 bits per heavy atom. The summed E-state index contributed by atoms with van der Waals surface area (Å²) >= 11 is 0. The third-order valence-electron chi connectivity index (χ3n) is 3.32. The standard InChI is InChI=1S/C15H23NO3/c1-4-11(2)8-14(15(17)18)16-10-12-6-5-7-13(9-12)19-3/h5-7,9,11,14,16H,4,8,10H2,1-3H3,(H,17,18). The van der Waals surface area contributed by atoms with Gasteiger partial charge in [-0.2, -0.15) is 0 Å². The molecule has 0 spiro atoms. The van der Waals surface area contributed by atoms with Crippen LogP contribution in [0.3, 0.4) is 0 Å². The number of carboxylic acid groups (broad SMARTS) is 1. The summed E-state index contributed by atoms with van der Waals surface area (Å²) in [6.45, 7) is 4.68. The number of ether oxygens (including phenoxy) is 1. The van der Waals surface area contributed by atoms with Crippen LogP contribution in [0.1, 0.15) is 32.3 Å². The van der Waals surface area contributed by atoms with Crippen LogP contribution in [0, 0.1) is 5.92 Å². The molecule has 0 fully saturated rings.